The molecule has 3 saturated heterocycles. The molecule has 1 N–H and O–H groups in total. The van der Waals surface area contributed by atoms with Gasteiger partial charge in [-0.15, -0.1) is 0 Å². The van der Waals surface area contributed by atoms with Crippen LogP contribution in [0.3, 0.4) is 0 Å². The van der Waals surface area contributed by atoms with Crippen molar-refractivity contribution in [2.75, 3.05) is 52.6 Å². The summed E-state index contributed by atoms with van der Waals surface area (Å²) in [5.41, 5.74) is 2.03. The summed E-state index contributed by atoms with van der Waals surface area (Å²) in [6.45, 7) is 7.55. The van der Waals surface area contributed by atoms with Crippen LogP contribution >= 0.6 is 0 Å². The van der Waals surface area contributed by atoms with Crippen LogP contribution in [0.25, 0.3) is 0 Å². The van der Waals surface area contributed by atoms with Crippen molar-refractivity contribution in [2.45, 2.75) is 50.2 Å². The first-order valence-electron chi connectivity index (χ1n) is 11.2. The van der Waals surface area contributed by atoms with Crippen molar-refractivity contribution < 1.29 is 14.2 Å². The van der Waals surface area contributed by atoms with E-state index in [1.807, 2.05) is 0 Å². The normalized spacial score (nSPS) is 31.0. The molecule has 1 aromatic carbocycles. The summed E-state index contributed by atoms with van der Waals surface area (Å²) in [6.07, 6.45) is 6.77. The minimum absolute atomic E-state index is 0.0549. The van der Waals surface area contributed by atoms with Crippen molar-refractivity contribution >= 4 is 0 Å². The highest BCUT2D eigenvalue weighted by atomic mass is 16.6. The maximum atomic E-state index is 6.18. The van der Waals surface area contributed by atoms with Gasteiger partial charge in [0, 0.05) is 19.1 Å². The fraction of sp³-hybridized carbons (Fsp3) is 0.739. The third-order valence-corrected chi connectivity index (χ3v) is 7.39. The number of likely N-dealkylation sites (tertiary alicyclic amines) is 1. The van der Waals surface area contributed by atoms with Crippen LogP contribution in [0.15, 0.2) is 24.3 Å². The molecule has 3 heterocycles. The van der Waals surface area contributed by atoms with Gasteiger partial charge in [-0.1, -0.05) is 18.2 Å². The van der Waals surface area contributed by atoms with Crippen molar-refractivity contribution in [3.63, 3.8) is 0 Å². The Balaban J connectivity index is 1.16. The number of rotatable bonds is 5. The molecular formula is C23H34N2O3. The lowest BCUT2D eigenvalue weighted by molar-refractivity contribution is -0.101. The molecule has 4 fully saturated rings. The van der Waals surface area contributed by atoms with Gasteiger partial charge in [0.1, 0.15) is 18.5 Å². The minimum atomic E-state index is 0.0549. The molecule has 0 radical (unpaired) electrons. The van der Waals surface area contributed by atoms with E-state index >= 15 is 0 Å². The number of nitrogens with zero attached hydrogens (tertiary/aromatic N) is 1. The summed E-state index contributed by atoms with van der Waals surface area (Å²) >= 11 is 0. The van der Waals surface area contributed by atoms with Crippen molar-refractivity contribution in [1.29, 1.82) is 0 Å². The van der Waals surface area contributed by atoms with Crippen LogP contribution in [0.4, 0.5) is 0 Å². The Kier molecular flexibility index (Phi) is 5.60. The number of para-hydroxylation sites is 1. The molecule has 0 amide bonds. The molecule has 3 aliphatic heterocycles. The van der Waals surface area contributed by atoms with Gasteiger partial charge in [0.05, 0.1) is 19.8 Å². The average molecular weight is 387 g/mol. The van der Waals surface area contributed by atoms with Crippen molar-refractivity contribution in [2.24, 2.45) is 5.41 Å². The number of nitrogens with one attached hydrogen (secondary N) is 1. The third kappa shape index (κ3) is 3.95. The second-order valence-corrected chi connectivity index (χ2v) is 9.23. The smallest absolute Gasteiger partial charge is 0.122 e. The molecule has 5 heteroatoms. The lowest BCUT2D eigenvalue weighted by atomic mass is 9.80. The first-order valence-corrected chi connectivity index (χ1v) is 11.2. The maximum Gasteiger partial charge on any atom is 0.122 e. The SMILES string of the molecule is c1ccc(C2CCN([C@@H]3CCC4(CNC4)C3)CC2)c(OC[C@H]2COCCO2)c1. The number of hydrogen-bond acceptors (Lipinski definition) is 5. The van der Waals surface area contributed by atoms with E-state index in [2.05, 4.69) is 34.5 Å². The van der Waals surface area contributed by atoms with Gasteiger partial charge in [0.15, 0.2) is 0 Å². The molecule has 0 bridgehead atoms. The van der Waals surface area contributed by atoms with Crippen molar-refractivity contribution in [3.8, 4) is 5.75 Å². The summed E-state index contributed by atoms with van der Waals surface area (Å²) in [6, 6.07) is 9.43. The Bertz CT molecular complexity index is 649. The van der Waals surface area contributed by atoms with Crippen LogP contribution in [-0.4, -0.2) is 69.7 Å². The second kappa shape index (κ2) is 8.31. The number of hydrogen-bond donors (Lipinski definition) is 1. The molecule has 154 valence electrons. The maximum absolute atomic E-state index is 6.18. The Labute approximate surface area is 168 Å². The Morgan fingerprint density at radius 2 is 1.96 bits per heavy atom. The summed E-state index contributed by atoms with van der Waals surface area (Å²) in [7, 11) is 0. The van der Waals surface area contributed by atoms with Gasteiger partial charge in [-0.25, -0.2) is 0 Å². The number of benzene rings is 1. The van der Waals surface area contributed by atoms with Crippen molar-refractivity contribution in [1.82, 2.24) is 10.2 Å². The average Bonchev–Trinajstić information content (AvgIpc) is 3.20. The fourth-order valence-corrected chi connectivity index (χ4v) is 5.63. The van der Waals surface area contributed by atoms with Crippen LogP contribution in [0, 0.1) is 5.41 Å². The minimum Gasteiger partial charge on any atom is -0.490 e. The summed E-state index contributed by atoms with van der Waals surface area (Å²) in [5, 5.41) is 3.49. The first-order chi connectivity index (χ1) is 13.8. The largest absolute Gasteiger partial charge is 0.490 e. The van der Waals surface area contributed by atoms with Gasteiger partial charge in [-0.3, -0.25) is 0 Å². The first kappa shape index (κ1) is 18.9. The van der Waals surface area contributed by atoms with E-state index in [9.17, 15) is 0 Å². The monoisotopic (exact) mass is 386 g/mol. The van der Waals surface area contributed by atoms with Crippen LogP contribution in [0.5, 0.6) is 5.75 Å². The lowest BCUT2D eigenvalue weighted by Gasteiger charge is -2.41. The molecule has 4 aliphatic rings. The highest BCUT2D eigenvalue weighted by Crippen LogP contribution is 2.44. The van der Waals surface area contributed by atoms with E-state index in [0.717, 1.165) is 11.8 Å². The Hall–Kier alpha value is -1.14. The molecule has 0 unspecified atom stereocenters. The predicted molar refractivity (Wildman–Crippen MR) is 109 cm³/mol. The highest BCUT2D eigenvalue weighted by molar-refractivity contribution is 5.36. The van der Waals surface area contributed by atoms with E-state index in [1.165, 1.54) is 63.8 Å². The van der Waals surface area contributed by atoms with Crippen LogP contribution in [-0.2, 0) is 9.47 Å². The third-order valence-electron chi connectivity index (χ3n) is 7.39. The fourth-order valence-electron chi connectivity index (χ4n) is 5.63. The zero-order chi connectivity index (χ0) is 18.8. The van der Waals surface area contributed by atoms with Gasteiger partial charge in [-0.05, 0) is 68.2 Å². The van der Waals surface area contributed by atoms with Gasteiger partial charge in [0.2, 0.25) is 0 Å². The van der Waals surface area contributed by atoms with Crippen molar-refractivity contribution in [3.05, 3.63) is 29.8 Å². The van der Waals surface area contributed by atoms with Crippen LogP contribution in [0.1, 0.15) is 43.6 Å². The molecular weight excluding hydrogens is 352 g/mol. The molecule has 5 nitrogen and oxygen atoms in total. The van der Waals surface area contributed by atoms with Crippen LogP contribution in [0.2, 0.25) is 0 Å². The molecule has 28 heavy (non-hydrogen) atoms. The summed E-state index contributed by atoms with van der Waals surface area (Å²) in [5.74, 6) is 1.65. The molecule has 1 aromatic rings. The molecule has 1 saturated carbocycles. The quantitative estimate of drug-likeness (QED) is 0.843. The van der Waals surface area contributed by atoms with Gasteiger partial charge in [-0.2, -0.15) is 0 Å². The van der Waals surface area contributed by atoms with E-state index in [4.69, 9.17) is 14.2 Å². The lowest BCUT2D eigenvalue weighted by Crippen LogP contribution is -2.52. The molecule has 1 aliphatic carbocycles. The second-order valence-electron chi connectivity index (χ2n) is 9.23. The Morgan fingerprint density at radius 3 is 2.68 bits per heavy atom. The number of piperidine rings is 1. The van der Waals surface area contributed by atoms with Gasteiger partial charge < -0.3 is 24.4 Å². The van der Waals surface area contributed by atoms with Gasteiger partial charge in [0.25, 0.3) is 0 Å². The van der Waals surface area contributed by atoms with Crippen LogP contribution < -0.4 is 10.1 Å². The van der Waals surface area contributed by atoms with E-state index in [-0.39, 0.29) is 6.10 Å². The van der Waals surface area contributed by atoms with E-state index in [0.29, 0.717) is 37.8 Å². The molecule has 1 spiro atoms. The molecule has 2 atom stereocenters. The topological polar surface area (TPSA) is 43.0 Å². The number of ether oxygens (including phenoxy) is 3. The summed E-state index contributed by atoms with van der Waals surface area (Å²) in [4.78, 5) is 2.78. The standard InChI is InChI=1S/C23H34N2O3/c1-2-4-22(28-15-20-14-26-11-12-27-20)21(3-1)18-6-9-25(10-7-18)19-5-8-23(13-19)16-24-17-23/h1-4,18-20,24H,5-17H2/t19-,20-/m1/s1. The molecule has 5 rings (SSSR count). The highest BCUT2D eigenvalue weighted by Gasteiger charge is 2.45. The Morgan fingerprint density at radius 1 is 1.11 bits per heavy atom. The van der Waals surface area contributed by atoms with E-state index in [1.54, 1.807) is 0 Å². The van der Waals surface area contributed by atoms with E-state index < -0.39 is 0 Å². The molecule has 0 aromatic heterocycles. The predicted octanol–water partition coefficient (Wildman–Crippen LogP) is 2.80. The summed E-state index contributed by atoms with van der Waals surface area (Å²) < 4.78 is 17.4. The zero-order valence-corrected chi connectivity index (χ0v) is 16.9. The van der Waals surface area contributed by atoms with Gasteiger partial charge >= 0.3 is 0 Å². The zero-order valence-electron chi connectivity index (χ0n) is 16.9.